The average Bonchev–Trinajstić information content (AvgIpc) is 3.50. The van der Waals surface area contributed by atoms with Gasteiger partial charge in [0, 0.05) is 23.3 Å². The number of esters is 1. The quantitative estimate of drug-likeness (QED) is 0.306. The third kappa shape index (κ3) is 2.74. The molecule has 0 unspecified atom stereocenters. The largest absolute Gasteiger partial charge is 0.496 e. The molecule has 4 aliphatic heterocycles. The Morgan fingerprint density at radius 1 is 1.18 bits per heavy atom. The molecule has 8 rings (SSSR count). The van der Waals surface area contributed by atoms with E-state index in [4.69, 9.17) is 28.1 Å². The normalized spacial score (nSPS) is 47.1. The summed E-state index contributed by atoms with van der Waals surface area (Å²) in [7, 11) is 1.56. The van der Waals surface area contributed by atoms with E-state index < -0.39 is 78.0 Å². The van der Waals surface area contributed by atoms with Crippen molar-refractivity contribution in [3.63, 3.8) is 0 Å². The first-order valence-corrected chi connectivity index (χ1v) is 12.7. The van der Waals surface area contributed by atoms with E-state index in [0.29, 0.717) is 17.8 Å². The molecule has 1 aromatic heterocycles. The predicted octanol–water partition coefficient (Wildman–Crippen LogP) is -0.909. The third-order valence-electron chi connectivity index (χ3n) is 9.67. The first kappa shape index (κ1) is 24.7. The van der Waals surface area contributed by atoms with E-state index in [1.165, 1.54) is 0 Å². The summed E-state index contributed by atoms with van der Waals surface area (Å²) in [6, 6.07) is 3.72. The summed E-state index contributed by atoms with van der Waals surface area (Å²) < 4.78 is 35.2. The maximum atomic E-state index is 13.5. The van der Waals surface area contributed by atoms with Gasteiger partial charge < -0.3 is 53.6 Å². The van der Waals surface area contributed by atoms with E-state index in [-0.39, 0.29) is 13.0 Å². The Morgan fingerprint density at radius 2 is 1.97 bits per heavy atom. The van der Waals surface area contributed by atoms with Crippen LogP contribution in [-0.4, -0.2) is 101 Å². The van der Waals surface area contributed by atoms with E-state index in [2.05, 4.69) is 0 Å². The molecule has 1 spiro atoms. The molecule has 12 heteroatoms. The lowest BCUT2D eigenvalue weighted by atomic mass is 9.45. The summed E-state index contributed by atoms with van der Waals surface area (Å²) >= 11 is 0. The number of carbonyl (C=O) groups is 1. The molecule has 5 fully saturated rings. The Kier molecular flexibility index (Phi) is 5.13. The second-order valence-corrected chi connectivity index (χ2v) is 11.3. The molecule has 12 nitrogen and oxygen atoms in total. The molecule has 4 saturated heterocycles. The minimum absolute atomic E-state index is 0.0633. The summed E-state index contributed by atoms with van der Waals surface area (Å²) in [5.74, 6) is -2.64. The Hall–Kier alpha value is -2.29. The molecule has 38 heavy (non-hydrogen) atoms. The van der Waals surface area contributed by atoms with Crippen molar-refractivity contribution < 1.29 is 58.4 Å². The van der Waals surface area contributed by atoms with Gasteiger partial charge in [0.1, 0.15) is 53.4 Å². The number of hydrogen-bond donors (Lipinski definition) is 5. The molecule has 1 aromatic carbocycles. The number of hydrogen-bond acceptors (Lipinski definition) is 12. The van der Waals surface area contributed by atoms with Crippen molar-refractivity contribution in [2.75, 3.05) is 20.3 Å². The van der Waals surface area contributed by atoms with Crippen molar-refractivity contribution in [1.29, 1.82) is 0 Å². The second kappa shape index (κ2) is 7.89. The van der Waals surface area contributed by atoms with Gasteiger partial charge in [-0.2, -0.15) is 0 Å². The molecular weight excluding hydrogens is 504 g/mol. The van der Waals surface area contributed by atoms with Crippen LogP contribution in [0.1, 0.15) is 24.5 Å². The standard InChI is InChI=1S/C26H30O12/c1-24-21-14(37-23(24)31)5-11-12(6-13(33-2)10-3-4-34-20(10)11)25(21)7-16(26(24,32)35-9-25)38-22-19(30)18(29)17(28)15(8-27)36-22/h3-4,6,14-19,21-22,27-30,32H,5,7-9H2,1-2H3/t14-,15-,16+,17-,18+,19-,21+,22+,24+,25+,26-/m1/s1. The summed E-state index contributed by atoms with van der Waals surface area (Å²) in [5.41, 5.74) is -0.0832. The molecule has 11 atom stereocenters. The monoisotopic (exact) mass is 534 g/mol. The van der Waals surface area contributed by atoms with Gasteiger partial charge in [0.25, 0.3) is 0 Å². The zero-order valence-corrected chi connectivity index (χ0v) is 20.8. The van der Waals surface area contributed by atoms with Crippen LogP contribution in [0, 0.1) is 11.3 Å². The van der Waals surface area contributed by atoms with Gasteiger partial charge in [-0.1, -0.05) is 0 Å². The van der Waals surface area contributed by atoms with Gasteiger partial charge in [0.2, 0.25) is 5.79 Å². The van der Waals surface area contributed by atoms with Gasteiger partial charge in [0.05, 0.1) is 32.0 Å². The molecule has 0 amide bonds. The summed E-state index contributed by atoms with van der Waals surface area (Å²) in [5, 5.41) is 53.4. The summed E-state index contributed by atoms with van der Waals surface area (Å²) in [6.45, 7) is 1.03. The molecule has 5 heterocycles. The highest BCUT2D eigenvalue weighted by molar-refractivity contribution is 5.90. The van der Waals surface area contributed by atoms with E-state index in [9.17, 15) is 30.3 Å². The number of ether oxygens (including phenoxy) is 5. The van der Waals surface area contributed by atoms with Crippen LogP contribution in [0.4, 0.5) is 0 Å². The average molecular weight is 535 g/mol. The number of fused-ring (bicyclic) bond motifs is 5. The Balaban J connectivity index is 1.36. The van der Waals surface area contributed by atoms with Gasteiger partial charge in [-0.3, -0.25) is 4.79 Å². The van der Waals surface area contributed by atoms with E-state index in [1.54, 1.807) is 20.3 Å². The topological polar surface area (TPSA) is 178 Å². The van der Waals surface area contributed by atoms with E-state index >= 15 is 0 Å². The van der Waals surface area contributed by atoms with Crippen LogP contribution >= 0.6 is 0 Å². The van der Waals surface area contributed by atoms with Crippen LogP contribution in [-0.2, 0) is 35.6 Å². The minimum atomic E-state index is -2.14. The highest BCUT2D eigenvalue weighted by Gasteiger charge is 2.81. The smallest absolute Gasteiger partial charge is 0.318 e. The highest BCUT2D eigenvalue weighted by Crippen LogP contribution is 2.69. The minimum Gasteiger partial charge on any atom is -0.496 e. The van der Waals surface area contributed by atoms with Crippen molar-refractivity contribution >= 4 is 16.9 Å². The Morgan fingerprint density at radius 3 is 2.71 bits per heavy atom. The van der Waals surface area contributed by atoms with Crippen molar-refractivity contribution in [2.45, 2.75) is 73.9 Å². The zero-order chi connectivity index (χ0) is 26.8. The van der Waals surface area contributed by atoms with Gasteiger partial charge in [-0.15, -0.1) is 0 Å². The molecular formula is C26H30O12. The highest BCUT2D eigenvalue weighted by atomic mass is 16.7. The molecule has 2 aromatic rings. The first-order valence-electron chi connectivity index (χ1n) is 12.7. The lowest BCUT2D eigenvalue weighted by molar-refractivity contribution is -0.415. The summed E-state index contributed by atoms with van der Waals surface area (Å²) in [6.07, 6.45) is -7.29. The fraction of sp³-hybridized carbons (Fsp3) is 0.654. The van der Waals surface area contributed by atoms with Crippen LogP contribution in [0.25, 0.3) is 11.0 Å². The lowest BCUT2D eigenvalue weighted by Gasteiger charge is -2.65. The van der Waals surface area contributed by atoms with Crippen LogP contribution in [0.15, 0.2) is 22.8 Å². The molecule has 2 aliphatic carbocycles. The fourth-order valence-corrected chi connectivity index (χ4v) is 7.83. The first-order chi connectivity index (χ1) is 18.1. The van der Waals surface area contributed by atoms with Crippen molar-refractivity contribution in [3.05, 3.63) is 29.5 Å². The number of aliphatic hydroxyl groups excluding tert-OH is 4. The van der Waals surface area contributed by atoms with Gasteiger partial charge in [0.15, 0.2) is 6.29 Å². The lowest BCUT2D eigenvalue weighted by Crippen LogP contribution is -2.78. The molecule has 206 valence electrons. The zero-order valence-electron chi connectivity index (χ0n) is 20.8. The SMILES string of the molecule is COc1cc2c(c3occc13)C[C@H]1OC(=O)[C@]3(C)[C@H]1[C@@]21CO[C@]3(O)[C@@H](O[C@@H]2O[C@H](CO)[C@@H](O)[C@H](O)[C@H]2O)C1. The molecule has 5 N–H and O–H groups in total. The molecule has 6 aliphatic rings. The number of furan rings is 1. The molecule has 1 saturated carbocycles. The summed E-state index contributed by atoms with van der Waals surface area (Å²) in [4.78, 5) is 13.5. The van der Waals surface area contributed by atoms with E-state index in [0.717, 1.165) is 16.5 Å². The van der Waals surface area contributed by atoms with Crippen molar-refractivity contribution in [3.8, 4) is 5.75 Å². The predicted molar refractivity (Wildman–Crippen MR) is 124 cm³/mol. The Bertz CT molecular complexity index is 1310. The van der Waals surface area contributed by atoms with Crippen molar-refractivity contribution in [1.82, 2.24) is 0 Å². The van der Waals surface area contributed by atoms with Crippen LogP contribution < -0.4 is 4.74 Å². The third-order valence-corrected chi connectivity index (χ3v) is 9.67. The van der Waals surface area contributed by atoms with Crippen LogP contribution in [0.2, 0.25) is 0 Å². The van der Waals surface area contributed by atoms with Gasteiger partial charge >= 0.3 is 5.97 Å². The van der Waals surface area contributed by atoms with Crippen LogP contribution in [0.3, 0.4) is 0 Å². The van der Waals surface area contributed by atoms with E-state index in [1.807, 2.05) is 12.1 Å². The van der Waals surface area contributed by atoms with Crippen LogP contribution in [0.5, 0.6) is 5.75 Å². The number of methoxy groups -OCH3 is 1. The maximum Gasteiger partial charge on any atom is 0.318 e. The number of aliphatic hydroxyl groups is 5. The number of carbonyl (C=O) groups excluding carboxylic acids is 1. The fourth-order valence-electron chi connectivity index (χ4n) is 7.83. The second-order valence-electron chi connectivity index (χ2n) is 11.3. The van der Waals surface area contributed by atoms with Gasteiger partial charge in [-0.25, -0.2) is 0 Å². The van der Waals surface area contributed by atoms with Crippen molar-refractivity contribution in [2.24, 2.45) is 11.3 Å². The van der Waals surface area contributed by atoms with Gasteiger partial charge in [-0.05, 0) is 31.0 Å². The molecule has 2 bridgehead atoms. The number of rotatable bonds is 4. The number of benzene rings is 1. The molecule has 0 radical (unpaired) electrons. The Labute approximate surface area is 216 Å². The maximum absolute atomic E-state index is 13.5.